The predicted octanol–water partition coefficient (Wildman–Crippen LogP) is 3.36. The minimum atomic E-state index is -0.567. The summed E-state index contributed by atoms with van der Waals surface area (Å²) in [5.74, 6) is -0.186. The maximum atomic E-state index is 14.6. The lowest BCUT2D eigenvalue weighted by atomic mass is 9.75. The molecule has 10 heteroatoms. The third-order valence-electron chi connectivity index (χ3n) is 11.0. The second kappa shape index (κ2) is 13.3. The van der Waals surface area contributed by atoms with Crippen molar-refractivity contribution in [2.24, 2.45) is 11.3 Å². The molecule has 9 nitrogen and oxygen atoms in total. The van der Waals surface area contributed by atoms with E-state index in [1.165, 1.54) is 0 Å². The average molecular weight is 628 g/mol. The van der Waals surface area contributed by atoms with Gasteiger partial charge >= 0.3 is 0 Å². The smallest absolute Gasteiger partial charge is 0.252 e. The van der Waals surface area contributed by atoms with Gasteiger partial charge in [0.05, 0.1) is 12.0 Å². The number of nitrogens with one attached hydrogen (secondary N) is 1. The Morgan fingerprint density at radius 3 is 2.32 bits per heavy atom. The van der Waals surface area contributed by atoms with Gasteiger partial charge in [0.25, 0.3) is 5.91 Å². The molecule has 0 aromatic heterocycles. The van der Waals surface area contributed by atoms with E-state index in [2.05, 4.69) is 36.0 Å². The van der Waals surface area contributed by atoms with Gasteiger partial charge in [0.15, 0.2) is 0 Å². The topological polar surface area (TPSA) is 85.4 Å². The number of hydrogen-bond donors (Lipinski definition) is 1. The van der Waals surface area contributed by atoms with Crippen LogP contribution in [0, 0.1) is 11.3 Å². The Morgan fingerprint density at radius 1 is 0.955 bits per heavy atom. The second-order valence-corrected chi connectivity index (χ2v) is 15.0. The van der Waals surface area contributed by atoms with Crippen LogP contribution in [0.2, 0.25) is 5.02 Å². The lowest BCUT2D eigenvalue weighted by Gasteiger charge is -2.43. The van der Waals surface area contributed by atoms with Gasteiger partial charge in [-0.2, -0.15) is 0 Å². The number of rotatable bonds is 6. The third kappa shape index (κ3) is 6.67. The summed E-state index contributed by atoms with van der Waals surface area (Å²) in [6, 6.07) is 7.10. The molecular formula is C34H50ClN5O4. The van der Waals surface area contributed by atoms with E-state index in [1.807, 2.05) is 34.1 Å². The summed E-state index contributed by atoms with van der Waals surface area (Å²) in [6.45, 7) is 9.86. The zero-order chi connectivity index (χ0) is 31.0. The number of nitrogens with zero attached hydrogens (tertiary/aromatic N) is 4. The molecular weight excluding hydrogens is 578 g/mol. The van der Waals surface area contributed by atoms with Gasteiger partial charge in [0, 0.05) is 69.4 Å². The third-order valence-corrected chi connectivity index (χ3v) is 11.3. The molecule has 4 aliphatic heterocycles. The van der Waals surface area contributed by atoms with Crippen LogP contribution >= 0.6 is 11.6 Å². The van der Waals surface area contributed by atoms with Gasteiger partial charge in [-0.1, -0.05) is 37.6 Å². The molecule has 1 aromatic carbocycles. The van der Waals surface area contributed by atoms with Crippen molar-refractivity contribution in [3.63, 3.8) is 0 Å². The number of piperazine rings is 1. The predicted molar refractivity (Wildman–Crippen MR) is 170 cm³/mol. The summed E-state index contributed by atoms with van der Waals surface area (Å²) < 4.78 is 5.92. The molecule has 1 aliphatic carbocycles. The molecule has 6 rings (SSSR count). The van der Waals surface area contributed by atoms with E-state index < -0.39 is 12.1 Å². The number of halogens is 1. The highest BCUT2D eigenvalue weighted by atomic mass is 35.5. The summed E-state index contributed by atoms with van der Waals surface area (Å²) >= 11 is 6.18. The minimum absolute atomic E-state index is 0.00315. The van der Waals surface area contributed by atoms with Gasteiger partial charge < -0.3 is 29.7 Å². The van der Waals surface area contributed by atoms with Crippen LogP contribution in [-0.4, -0.2) is 121 Å². The fraction of sp³-hybridized carbons (Fsp3) is 0.735. The summed E-state index contributed by atoms with van der Waals surface area (Å²) in [7, 11) is 2.08. The van der Waals surface area contributed by atoms with E-state index in [1.54, 1.807) is 0 Å². The van der Waals surface area contributed by atoms with Gasteiger partial charge in [-0.15, -0.1) is 0 Å². The Hall–Kier alpha value is -2.20. The molecule has 0 spiro atoms. The van der Waals surface area contributed by atoms with Crippen molar-refractivity contribution in [2.45, 2.75) is 88.9 Å². The molecule has 3 amide bonds. The van der Waals surface area contributed by atoms with Crippen molar-refractivity contribution in [3.05, 3.63) is 34.9 Å². The number of carbonyl (C=O) groups is 3. The van der Waals surface area contributed by atoms with Crippen LogP contribution in [0.3, 0.4) is 0 Å². The first-order valence-electron chi connectivity index (χ1n) is 16.8. The van der Waals surface area contributed by atoms with Crippen LogP contribution < -0.4 is 5.32 Å². The van der Waals surface area contributed by atoms with E-state index in [0.717, 1.165) is 57.2 Å². The average Bonchev–Trinajstić information content (AvgIpc) is 3.80. The lowest BCUT2D eigenvalue weighted by molar-refractivity contribution is -0.148. The molecule has 1 aromatic rings. The van der Waals surface area contributed by atoms with Crippen molar-refractivity contribution in [1.82, 2.24) is 24.9 Å². The van der Waals surface area contributed by atoms with Gasteiger partial charge in [-0.25, -0.2) is 0 Å². The monoisotopic (exact) mass is 627 g/mol. The van der Waals surface area contributed by atoms with Crippen LogP contribution in [0.15, 0.2) is 24.3 Å². The van der Waals surface area contributed by atoms with Gasteiger partial charge in [-0.05, 0) is 75.1 Å². The van der Waals surface area contributed by atoms with Crippen molar-refractivity contribution >= 4 is 29.3 Å². The highest BCUT2D eigenvalue weighted by Gasteiger charge is 2.50. The van der Waals surface area contributed by atoms with Crippen molar-refractivity contribution in [1.29, 1.82) is 0 Å². The van der Waals surface area contributed by atoms with Crippen LogP contribution in [-0.2, 0) is 19.1 Å². The molecule has 0 radical (unpaired) electrons. The fourth-order valence-corrected chi connectivity index (χ4v) is 8.33. The molecule has 1 N–H and O–H groups in total. The number of amides is 3. The van der Waals surface area contributed by atoms with Crippen molar-refractivity contribution in [3.8, 4) is 0 Å². The molecule has 5 fully saturated rings. The molecule has 44 heavy (non-hydrogen) atoms. The maximum absolute atomic E-state index is 14.6. The van der Waals surface area contributed by atoms with Crippen LogP contribution in [0.5, 0.6) is 0 Å². The number of benzene rings is 1. The van der Waals surface area contributed by atoms with E-state index >= 15 is 0 Å². The highest BCUT2D eigenvalue weighted by molar-refractivity contribution is 6.30. The van der Waals surface area contributed by atoms with E-state index in [0.29, 0.717) is 50.8 Å². The SMILES string of the molecule is CN1CCN(C(=O)[C@@H]2C[C@H](N(C(=O)C3CCCO3)C3CCC(C)(C)CC3)CN2C(=O)[C@@H]2CNC[C@H]2c2ccc(Cl)cc2)CC1. The molecule has 1 saturated carbocycles. The quantitative estimate of drug-likeness (QED) is 0.521. The molecule has 5 atom stereocenters. The Kier molecular flexibility index (Phi) is 9.58. The van der Waals surface area contributed by atoms with Crippen LogP contribution in [0.4, 0.5) is 0 Å². The van der Waals surface area contributed by atoms with E-state index in [-0.39, 0.29) is 47.1 Å². The standard InChI is InChI=1S/C34H50ClN5O4/c1-34(2)12-10-25(11-13-34)40(33(43)30-5-4-18-44-30)26-19-29(32(42)38-16-14-37(3)15-17-38)39(22-26)31(41)28-21-36-20-27(28)23-6-8-24(35)9-7-23/h6-9,25-30,36H,4-5,10-22H2,1-3H3/t26-,27-,28+,29-,30?/m0/s1. The first kappa shape index (κ1) is 31.8. The van der Waals surface area contributed by atoms with Gasteiger partial charge in [0.1, 0.15) is 12.1 Å². The Morgan fingerprint density at radius 2 is 1.66 bits per heavy atom. The summed E-state index contributed by atoms with van der Waals surface area (Å²) in [4.78, 5) is 51.1. The van der Waals surface area contributed by atoms with E-state index in [9.17, 15) is 14.4 Å². The van der Waals surface area contributed by atoms with Crippen molar-refractivity contribution < 1.29 is 19.1 Å². The van der Waals surface area contributed by atoms with Crippen molar-refractivity contribution in [2.75, 3.05) is 59.5 Å². The molecule has 5 aliphatic rings. The first-order chi connectivity index (χ1) is 21.1. The van der Waals surface area contributed by atoms with E-state index in [4.69, 9.17) is 16.3 Å². The van der Waals surface area contributed by atoms with Gasteiger partial charge in [0.2, 0.25) is 11.8 Å². The molecule has 4 saturated heterocycles. The Balaban J connectivity index is 1.29. The molecule has 242 valence electrons. The maximum Gasteiger partial charge on any atom is 0.252 e. The number of carbonyl (C=O) groups excluding carboxylic acids is 3. The van der Waals surface area contributed by atoms with Crippen LogP contribution in [0.1, 0.15) is 70.3 Å². The summed E-state index contributed by atoms with van der Waals surface area (Å²) in [6.07, 6.45) is 5.70. The molecule has 4 heterocycles. The second-order valence-electron chi connectivity index (χ2n) is 14.6. The normalized spacial score (nSPS) is 31.4. The lowest BCUT2D eigenvalue weighted by Crippen LogP contribution is -2.54. The number of likely N-dealkylation sites (N-methyl/N-ethyl adjacent to an activating group) is 1. The Bertz CT molecular complexity index is 1190. The molecule has 0 bridgehead atoms. The van der Waals surface area contributed by atoms with Gasteiger partial charge in [-0.3, -0.25) is 14.4 Å². The minimum Gasteiger partial charge on any atom is -0.368 e. The first-order valence-corrected chi connectivity index (χ1v) is 17.2. The number of likely N-dealkylation sites (tertiary alicyclic amines) is 1. The summed E-state index contributed by atoms with van der Waals surface area (Å²) in [5, 5.41) is 4.11. The zero-order valence-corrected chi connectivity index (χ0v) is 27.4. The molecule has 1 unspecified atom stereocenters. The largest absolute Gasteiger partial charge is 0.368 e. The summed E-state index contributed by atoms with van der Waals surface area (Å²) in [5.41, 5.74) is 1.34. The fourth-order valence-electron chi connectivity index (χ4n) is 8.20. The number of ether oxygens (including phenoxy) is 1. The Labute approximate surface area is 267 Å². The van der Waals surface area contributed by atoms with Crippen LogP contribution in [0.25, 0.3) is 0 Å². The highest BCUT2D eigenvalue weighted by Crippen LogP contribution is 2.40. The number of hydrogen-bond acceptors (Lipinski definition) is 6. The zero-order valence-electron chi connectivity index (χ0n) is 26.7.